The molecule has 0 aliphatic rings. The van der Waals surface area contributed by atoms with Crippen LogP contribution in [0, 0.1) is 6.92 Å². The summed E-state index contributed by atoms with van der Waals surface area (Å²) in [5.41, 5.74) is 1.18. The van der Waals surface area contributed by atoms with Gasteiger partial charge in [-0.1, -0.05) is 17.7 Å². The third-order valence-electron chi connectivity index (χ3n) is 3.57. The molecule has 2 aromatic carbocycles. The Morgan fingerprint density at radius 2 is 1.77 bits per heavy atom. The van der Waals surface area contributed by atoms with Crippen LogP contribution in [-0.4, -0.2) is 49.7 Å². The third kappa shape index (κ3) is 5.03. The molecule has 2 rings (SSSR count). The van der Waals surface area contributed by atoms with Gasteiger partial charge in [0.1, 0.15) is 25.1 Å². The van der Waals surface area contributed by atoms with E-state index in [9.17, 15) is 15.0 Å². The first kappa shape index (κ1) is 19.4. The molecule has 0 heterocycles. The monoisotopic (exact) mass is 362 g/mol. The molecule has 26 heavy (non-hydrogen) atoms. The lowest BCUT2D eigenvalue weighted by molar-refractivity contribution is 0.0130. The molecule has 1 atom stereocenters. The number of carbonyl (C=O) groups excluding carboxylic acids is 1. The quantitative estimate of drug-likeness (QED) is 0.696. The first-order valence-electron chi connectivity index (χ1n) is 7.94. The van der Waals surface area contributed by atoms with Crippen LogP contribution in [0.5, 0.6) is 23.0 Å². The summed E-state index contributed by atoms with van der Waals surface area (Å²) in [5, 5.41) is 19.8. The van der Waals surface area contributed by atoms with E-state index in [1.54, 1.807) is 12.1 Å². The summed E-state index contributed by atoms with van der Waals surface area (Å²) in [4.78, 5) is 12.1. The lowest BCUT2D eigenvalue weighted by Gasteiger charge is -2.14. The van der Waals surface area contributed by atoms with E-state index >= 15 is 0 Å². The number of esters is 1. The summed E-state index contributed by atoms with van der Waals surface area (Å²) >= 11 is 0. The average Bonchev–Trinajstić information content (AvgIpc) is 2.64. The Morgan fingerprint density at radius 3 is 2.38 bits per heavy atom. The van der Waals surface area contributed by atoms with Gasteiger partial charge in [0, 0.05) is 0 Å². The lowest BCUT2D eigenvalue weighted by Crippen LogP contribution is -2.25. The number of aliphatic hydroxyl groups is 1. The van der Waals surface area contributed by atoms with E-state index in [0.29, 0.717) is 5.75 Å². The lowest BCUT2D eigenvalue weighted by atomic mass is 10.2. The molecule has 7 heteroatoms. The smallest absolute Gasteiger partial charge is 0.338 e. The largest absolute Gasteiger partial charge is 0.504 e. The van der Waals surface area contributed by atoms with Crippen molar-refractivity contribution in [3.63, 3.8) is 0 Å². The molecule has 0 bridgehead atoms. The fourth-order valence-electron chi connectivity index (χ4n) is 2.19. The summed E-state index contributed by atoms with van der Waals surface area (Å²) in [6.45, 7) is 1.69. The highest BCUT2D eigenvalue weighted by atomic mass is 16.5. The van der Waals surface area contributed by atoms with Crippen LogP contribution in [0.15, 0.2) is 36.4 Å². The molecule has 0 fully saturated rings. The molecule has 140 valence electrons. The molecule has 0 aliphatic carbocycles. The summed E-state index contributed by atoms with van der Waals surface area (Å²) in [7, 11) is 2.76. The molecule has 2 N–H and O–H groups in total. The summed E-state index contributed by atoms with van der Waals surface area (Å²) < 4.78 is 20.5. The average molecular weight is 362 g/mol. The minimum Gasteiger partial charge on any atom is -0.504 e. The normalized spacial score (nSPS) is 11.5. The molecule has 1 unspecified atom stereocenters. The van der Waals surface area contributed by atoms with Crippen molar-refractivity contribution in [3.05, 3.63) is 47.5 Å². The molecule has 0 spiro atoms. The fraction of sp³-hybridized carbons (Fsp3) is 0.316. The van der Waals surface area contributed by atoms with Crippen molar-refractivity contribution in [3.8, 4) is 23.0 Å². The minimum absolute atomic E-state index is 0.0203. The van der Waals surface area contributed by atoms with Gasteiger partial charge in [0.15, 0.2) is 11.5 Å². The SMILES string of the molecule is COc1cc(C(=O)OCC(O)COc2ccc(C)cc2)cc(O)c1OC. The van der Waals surface area contributed by atoms with Crippen LogP contribution in [0.4, 0.5) is 0 Å². The summed E-state index contributed by atoms with van der Waals surface area (Å²) in [6, 6.07) is 9.96. The van der Waals surface area contributed by atoms with Crippen molar-refractivity contribution in [1.82, 2.24) is 0 Å². The highest BCUT2D eigenvalue weighted by Crippen LogP contribution is 2.37. The van der Waals surface area contributed by atoms with Gasteiger partial charge in [0.2, 0.25) is 5.75 Å². The Labute approximate surface area is 151 Å². The van der Waals surface area contributed by atoms with Gasteiger partial charge in [-0.25, -0.2) is 4.79 Å². The van der Waals surface area contributed by atoms with Crippen molar-refractivity contribution in [2.45, 2.75) is 13.0 Å². The van der Waals surface area contributed by atoms with E-state index in [-0.39, 0.29) is 36.0 Å². The number of hydrogen-bond acceptors (Lipinski definition) is 7. The Bertz CT molecular complexity index is 740. The summed E-state index contributed by atoms with van der Waals surface area (Å²) in [6.07, 6.45) is -0.992. The maximum atomic E-state index is 12.1. The fourth-order valence-corrected chi connectivity index (χ4v) is 2.19. The van der Waals surface area contributed by atoms with E-state index in [4.69, 9.17) is 18.9 Å². The molecule has 0 radical (unpaired) electrons. The van der Waals surface area contributed by atoms with Crippen LogP contribution in [0.1, 0.15) is 15.9 Å². The first-order valence-corrected chi connectivity index (χ1v) is 7.94. The van der Waals surface area contributed by atoms with E-state index < -0.39 is 12.1 Å². The van der Waals surface area contributed by atoms with E-state index in [2.05, 4.69) is 0 Å². The van der Waals surface area contributed by atoms with Crippen LogP contribution >= 0.6 is 0 Å². The Balaban J connectivity index is 1.89. The predicted molar refractivity (Wildman–Crippen MR) is 94.2 cm³/mol. The van der Waals surface area contributed by atoms with E-state index in [1.165, 1.54) is 26.4 Å². The number of aliphatic hydroxyl groups excluding tert-OH is 1. The first-order chi connectivity index (χ1) is 12.4. The zero-order chi connectivity index (χ0) is 19.1. The van der Waals surface area contributed by atoms with E-state index in [1.807, 2.05) is 19.1 Å². The molecule has 0 aliphatic heterocycles. The van der Waals surface area contributed by atoms with Crippen LogP contribution < -0.4 is 14.2 Å². The second kappa shape index (κ2) is 8.96. The number of ether oxygens (including phenoxy) is 4. The number of rotatable bonds is 8. The number of benzene rings is 2. The molecule has 7 nitrogen and oxygen atoms in total. The minimum atomic E-state index is -0.992. The Kier molecular flexibility index (Phi) is 6.68. The predicted octanol–water partition coefficient (Wildman–Crippen LogP) is 2.31. The van der Waals surface area contributed by atoms with Gasteiger partial charge in [0.05, 0.1) is 19.8 Å². The zero-order valence-corrected chi connectivity index (χ0v) is 14.9. The van der Waals surface area contributed by atoms with Gasteiger partial charge >= 0.3 is 5.97 Å². The van der Waals surface area contributed by atoms with Gasteiger partial charge in [-0.15, -0.1) is 0 Å². The number of methoxy groups -OCH3 is 2. The molecule has 2 aromatic rings. The van der Waals surface area contributed by atoms with Gasteiger partial charge < -0.3 is 29.2 Å². The Morgan fingerprint density at radius 1 is 1.08 bits per heavy atom. The van der Waals surface area contributed by atoms with Gasteiger partial charge in [-0.05, 0) is 31.2 Å². The maximum Gasteiger partial charge on any atom is 0.338 e. The van der Waals surface area contributed by atoms with Gasteiger partial charge in [-0.2, -0.15) is 0 Å². The molecular formula is C19H22O7. The van der Waals surface area contributed by atoms with Crippen molar-refractivity contribution in [1.29, 1.82) is 0 Å². The van der Waals surface area contributed by atoms with Crippen molar-refractivity contribution in [2.75, 3.05) is 27.4 Å². The third-order valence-corrected chi connectivity index (χ3v) is 3.57. The number of phenolic OH excluding ortho intramolecular Hbond substituents is 1. The van der Waals surface area contributed by atoms with Crippen molar-refractivity contribution < 1.29 is 34.0 Å². The number of carbonyl (C=O) groups is 1. The highest BCUT2D eigenvalue weighted by molar-refractivity contribution is 5.91. The van der Waals surface area contributed by atoms with Gasteiger partial charge in [-0.3, -0.25) is 0 Å². The standard InChI is InChI=1S/C19H22O7/c1-12-4-6-15(7-5-12)25-10-14(20)11-26-19(22)13-8-16(21)18(24-3)17(9-13)23-2/h4-9,14,20-21H,10-11H2,1-3H3. The molecular weight excluding hydrogens is 340 g/mol. The highest BCUT2D eigenvalue weighted by Gasteiger charge is 2.18. The van der Waals surface area contributed by atoms with Gasteiger partial charge in [0.25, 0.3) is 0 Å². The molecule has 0 saturated heterocycles. The van der Waals surface area contributed by atoms with Crippen LogP contribution in [-0.2, 0) is 4.74 Å². The van der Waals surface area contributed by atoms with Crippen molar-refractivity contribution in [2.24, 2.45) is 0 Å². The van der Waals surface area contributed by atoms with Crippen LogP contribution in [0.3, 0.4) is 0 Å². The number of aryl methyl sites for hydroxylation is 1. The van der Waals surface area contributed by atoms with Crippen LogP contribution in [0.25, 0.3) is 0 Å². The topological polar surface area (TPSA) is 94.5 Å². The molecule has 0 aromatic heterocycles. The maximum absolute atomic E-state index is 12.1. The molecule has 0 amide bonds. The second-order valence-electron chi connectivity index (χ2n) is 5.61. The zero-order valence-electron chi connectivity index (χ0n) is 14.9. The number of phenols is 1. The Hall–Kier alpha value is -2.93. The molecule has 0 saturated carbocycles. The van der Waals surface area contributed by atoms with Crippen LogP contribution in [0.2, 0.25) is 0 Å². The number of aromatic hydroxyl groups is 1. The van der Waals surface area contributed by atoms with E-state index in [0.717, 1.165) is 5.56 Å². The number of hydrogen-bond donors (Lipinski definition) is 2. The van der Waals surface area contributed by atoms with Crippen molar-refractivity contribution >= 4 is 5.97 Å². The second-order valence-corrected chi connectivity index (χ2v) is 5.61. The summed E-state index contributed by atoms with van der Waals surface area (Å²) in [5.74, 6) is -0.0261.